The Morgan fingerprint density at radius 1 is 1.44 bits per heavy atom. The summed E-state index contributed by atoms with van der Waals surface area (Å²) in [4.78, 5) is 11.8. The topological polar surface area (TPSA) is 101 Å². The molecule has 0 saturated heterocycles. The molecule has 7 heteroatoms. The fourth-order valence-electron chi connectivity index (χ4n) is 1.84. The Balaban J connectivity index is 1.97. The van der Waals surface area contributed by atoms with Crippen molar-refractivity contribution in [2.45, 2.75) is 6.42 Å². The van der Waals surface area contributed by atoms with Crippen molar-refractivity contribution in [2.75, 3.05) is 24.2 Å². The first kappa shape index (κ1) is 12.8. The van der Waals surface area contributed by atoms with Crippen LogP contribution in [0.4, 0.5) is 5.69 Å². The number of primary sulfonamides is 1. The lowest BCUT2D eigenvalue weighted by atomic mass is 10.1. The lowest BCUT2D eigenvalue weighted by Gasteiger charge is -2.06. The number of rotatable bonds is 4. The Morgan fingerprint density at radius 3 is 2.94 bits per heavy atom. The van der Waals surface area contributed by atoms with Crippen LogP contribution >= 0.6 is 0 Å². The molecule has 1 aliphatic rings. The summed E-state index contributed by atoms with van der Waals surface area (Å²) in [5, 5.41) is 10.5. The molecule has 6 nitrogen and oxygen atoms in total. The molecule has 1 aromatic rings. The third kappa shape index (κ3) is 3.21. The number of nitrogens with two attached hydrogens (primary N) is 1. The van der Waals surface area contributed by atoms with Crippen LogP contribution in [0.1, 0.15) is 15.9 Å². The summed E-state index contributed by atoms with van der Waals surface area (Å²) in [6, 6.07) is 5.41. The molecule has 0 radical (unpaired) electrons. The average Bonchev–Trinajstić information content (AvgIpc) is 2.73. The van der Waals surface area contributed by atoms with Gasteiger partial charge in [-0.1, -0.05) is 6.07 Å². The molecule has 1 aliphatic heterocycles. The van der Waals surface area contributed by atoms with Crippen LogP contribution in [0.25, 0.3) is 0 Å². The van der Waals surface area contributed by atoms with Gasteiger partial charge in [-0.2, -0.15) is 0 Å². The molecular weight excluding hydrogens is 254 g/mol. The second-order valence-corrected chi connectivity index (χ2v) is 5.91. The summed E-state index contributed by atoms with van der Waals surface area (Å²) in [7, 11) is -3.54. The number of fused-ring (bicyclic) bond motifs is 1. The van der Waals surface area contributed by atoms with Crippen LogP contribution in [0, 0.1) is 0 Å². The fourth-order valence-corrected chi connectivity index (χ4v) is 2.23. The molecule has 18 heavy (non-hydrogen) atoms. The molecule has 0 fully saturated rings. The van der Waals surface area contributed by atoms with Gasteiger partial charge in [-0.05, 0) is 24.1 Å². The van der Waals surface area contributed by atoms with Gasteiger partial charge in [0.15, 0.2) is 0 Å². The summed E-state index contributed by atoms with van der Waals surface area (Å²) in [5.41, 5.74) is 2.67. The van der Waals surface area contributed by atoms with Gasteiger partial charge in [-0.15, -0.1) is 0 Å². The molecule has 1 amide bonds. The predicted molar refractivity (Wildman–Crippen MR) is 68.9 cm³/mol. The first-order valence-electron chi connectivity index (χ1n) is 5.61. The third-order valence-electron chi connectivity index (χ3n) is 2.75. The van der Waals surface area contributed by atoms with Crippen LogP contribution in [-0.4, -0.2) is 33.2 Å². The molecular formula is C11H15N3O3S. The smallest absolute Gasteiger partial charge is 0.251 e. The summed E-state index contributed by atoms with van der Waals surface area (Å²) in [6.45, 7) is 0.897. The van der Waals surface area contributed by atoms with E-state index in [1.807, 2.05) is 6.07 Å². The van der Waals surface area contributed by atoms with Gasteiger partial charge in [0.05, 0.1) is 5.75 Å². The van der Waals surface area contributed by atoms with E-state index in [-0.39, 0.29) is 18.2 Å². The molecule has 2 rings (SSSR count). The quantitative estimate of drug-likeness (QED) is 0.696. The van der Waals surface area contributed by atoms with Crippen molar-refractivity contribution < 1.29 is 13.2 Å². The summed E-state index contributed by atoms with van der Waals surface area (Å²) in [6.07, 6.45) is 0.961. The van der Waals surface area contributed by atoms with E-state index < -0.39 is 10.0 Å². The van der Waals surface area contributed by atoms with E-state index in [1.165, 1.54) is 5.56 Å². The number of hydrogen-bond donors (Lipinski definition) is 3. The Bertz CT molecular complexity index is 569. The number of carbonyl (C=O) groups is 1. The maximum Gasteiger partial charge on any atom is 0.251 e. The Hall–Kier alpha value is -1.60. The molecule has 0 bridgehead atoms. The molecule has 1 heterocycles. The van der Waals surface area contributed by atoms with Crippen LogP contribution < -0.4 is 15.8 Å². The maximum absolute atomic E-state index is 11.8. The number of nitrogens with one attached hydrogen (secondary N) is 2. The highest BCUT2D eigenvalue weighted by Crippen LogP contribution is 2.22. The Morgan fingerprint density at radius 2 is 2.22 bits per heavy atom. The van der Waals surface area contributed by atoms with Crippen LogP contribution in [0.3, 0.4) is 0 Å². The molecule has 98 valence electrons. The summed E-state index contributed by atoms with van der Waals surface area (Å²) < 4.78 is 21.4. The molecule has 0 saturated carbocycles. The van der Waals surface area contributed by atoms with Gasteiger partial charge in [0.25, 0.3) is 5.91 Å². The lowest BCUT2D eigenvalue weighted by molar-refractivity contribution is 0.0956. The minimum atomic E-state index is -3.54. The van der Waals surface area contributed by atoms with Crippen LogP contribution in [0.2, 0.25) is 0 Å². The van der Waals surface area contributed by atoms with Gasteiger partial charge in [0, 0.05) is 24.3 Å². The first-order chi connectivity index (χ1) is 8.46. The number of sulfonamides is 1. The first-order valence-corrected chi connectivity index (χ1v) is 7.33. The monoisotopic (exact) mass is 269 g/mol. The second kappa shape index (κ2) is 4.95. The molecule has 0 spiro atoms. The number of anilines is 1. The van der Waals surface area contributed by atoms with Crippen molar-refractivity contribution in [1.82, 2.24) is 5.32 Å². The fraction of sp³-hybridized carbons (Fsp3) is 0.364. The van der Waals surface area contributed by atoms with E-state index >= 15 is 0 Å². The van der Waals surface area contributed by atoms with E-state index in [0.717, 1.165) is 18.7 Å². The second-order valence-electron chi connectivity index (χ2n) is 4.17. The Labute approximate surface area is 106 Å². The van der Waals surface area contributed by atoms with Gasteiger partial charge < -0.3 is 10.6 Å². The normalized spacial score (nSPS) is 13.8. The van der Waals surface area contributed by atoms with Gasteiger partial charge in [0.2, 0.25) is 10.0 Å². The number of carbonyl (C=O) groups excluding carboxylic acids is 1. The molecule has 0 aromatic heterocycles. The zero-order chi connectivity index (χ0) is 13.2. The SMILES string of the molecule is NS(=O)(=O)CCNC(=O)c1ccc2c(c1)NCC2. The number of amides is 1. The standard InChI is InChI=1S/C11H15N3O3S/c12-18(16,17)6-5-14-11(15)9-2-1-8-3-4-13-10(8)7-9/h1-2,7,13H,3-6H2,(H,14,15)(H2,12,16,17). The van der Waals surface area contributed by atoms with Crippen LogP contribution in [0.5, 0.6) is 0 Å². The zero-order valence-corrected chi connectivity index (χ0v) is 10.6. The van der Waals surface area contributed by atoms with Crippen LogP contribution in [0.15, 0.2) is 18.2 Å². The minimum Gasteiger partial charge on any atom is -0.384 e. The van der Waals surface area contributed by atoms with Crippen molar-refractivity contribution in [1.29, 1.82) is 0 Å². The Kier molecular flexibility index (Phi) is 3.53. The highest BCUT2D eigenvalue weighted by molar-refractivity contribution is 7.89. The van der Waals surface area contributed by atoms with Gasteiger partial charge in [0.1, 0.15) is 0 Å². The van der Waals surface area contributed by atoms with E-state index in [9.17, 15) is 13.2 Å². The van der Waals surface area contributed by atoms with Crippen molar-refractivity contribution in [3.8, 4) is 0 Å². The number of hydrogen-bond acceptors (Lipinski definition) is 4. The van der Waals surface area contributed by atoms with Crippen molar-refractivity contribution in [3.05, 3.63) is 29.3 Å². The van der Waals surface area contributed by atoms with Gasteiger partial charge in [-0.3, -0.25) is 4.79 Å². The van der Waals surface area contributed by atoms with Gasteiger partial charge >= 0.3 is 0 Å². The molecule has 0 unspecified atom stereocenters. The summed E-state index contributed by atoms with van der Waals surface area (Å²) in [5.74, 6) is -0.558. The van der Waals surface area contributed by atoms with E-state index in [1.54, 1.807) is 12.1 Å². The number of benzene rings is 1. The minimum absolute atomic E-state index is 0.0161. The van der Waals surface area contributed by atoms with E-state index in [2.05, 4.69) is 10.6 Å². The zero-order valence-electron chi connectivity index (χ0n) is 9.77. The highest BCUT2D eigenvalue weighted by Gasteiger charge is 2.13. The summed E-state index contributed by atoms with van der Waals surface area (Å²) >= 11 is 0. The molecule has 4 N–H and O–H groups in total. The predicted octanol–water partition coefficient (Wildman–Crippen LogP) is -0.327. The van der Waals surface area contributed by atoms with Crippen LogP contribution in [-0.2, 0) is 16.4 Å². The third-order valence-corrected chi connectivity index (χ3v) is 3.53. The van der Waals surface area contributed by atoms with Crippen molar-refractivity contribution >= 4 is 21.6 Å². The van der Waals surface area contributed by atoms with Crippen molar-refractivity contribution in [2.24, 2.45) is 5.14 Å². The highest BCUT2D eigenvalue weighted by atomic mass is 32.2. The maximum atomic E-state index is 11.8. The van der Waals surface area contributed by atoms with E-state index in [4.69, 9.17) is 5.14 Å². The van der Waals surface area contributed by atoms with E-state index in [0.29, 0.717) is 5.56 Å². The molecule has 1 aromatic carbocycles. The lowest BCUT2D eigenvalue weighted by Crippen LogP contribution is -2.31. The molecule has 0 atom stereocenters. The molecule has 0 aliphatic carbocycles. The largest absolute Gasteiger partial charge is 0.384 e. The van der Waals surface area contributed by atoms with Gasteiger partial charge in [-0.25, -0.2) is 13.6 Å². The van der Waals surface area contributed by atoms with Crippen molar-refractivity contribution in [3.63, 3.8) is 0 Å². The average molecular weight is 269 g/mol.